The van der Waals surface area contributed by atoms with E-state index in [1.54, 1.807) is 41.0 Å². The van der Waals surface area contributed by atoms with Crippen LogP contribution in [-0.4, -0.2) is 28.6 Å². The number of benzene rings is 1. The Labute approximate surface area is 161 Å². The third-order valence-electron chi connectivity index (χ3n) is 4.37. The Balaban J connectivity index is 1.84. The van der Waals surface area contributed by atoms with Crippen molar-refractivity contribution < 1.29 is 19.1 Å². The summed E-state index contributed by atoms with van der Waals surface area (Å²) >= 11 is 0. The fraction of sp³-hybridized carbons (Fsp3) is 0.238. The highest BCUT2D eigenvalue weighted by Crippen LogP contribution is 2.13. The van der Waals surface area contributed by atoms with Gasteiger partial charge < -0.3 is 14.0 Å². The van der Waals surface area contributed by atoms with E-state index in [4.69, 9.17) is 4.74 Å². The van der Waals surface area contributed by atoms with Crippen LogP contribution in [0.2, 0.25) is 0 Å². The van der Waals surface area contributed by atoms with E-state index in [2.05, 4.69) is 9.72 Å². The van der Waals surface area contributed by atoms with Crippen molar-refractivity contribution in [3.8, 4) is 0 Å². The zero-order valence-electron chi connectivity index (χ0n) is 15.9. The predicted molar refractivity (Wildman–Crippen MR) is 103 cm³/mol. The molecular formula is C21H20N2O5. The van der Waals surface area contributed by atoms with E-state index in [0.29, 0.717) is 28.7 Å². The molecule has 3 rings (SSSR count). The van der Waals surface area contributed by atoms with Gasteiger partial charge in [-0.3, -0.25) is 4.79 Å². The number of carbonyl (C=O) groups is 2. The number of hydrogen-bond acceptors (Lipinski definition) is 6. The molecule has 0 aliphatic heterocycles. The van der Waals surface area contributed by atoms with E-state index >= 15 is 0 Å². The number of methoxy groups -OCH3 is 1. The van der Waals surface area contributed by atoms with Crippen molar-refractivity contribution in [2.75, 3.05) is 7.11 Å². The van der Waals surface area contributed by atoms with Crippen molar-refractivity contribution in [2.24, 2.45) is 0 Å². The molecule has 7 nitrogen and oxygen atoms in total. The van der Waals surface area contributed by atoms with Crippen LogP contribution < -0.4 is 5.43 Å². The predicted octanol–water partition coefficient (Wildman–Crippen LogP) is 2.87. The number of fused-ring (bicyclic) bond motifs is 1. The Morgan fingerprint density at radius 2 is 1.79 bits per heavy atom. The summed E-state index contributed by atoms with van der Waals surface area (Å²) in [7, 11) is 1.31. The smallest absolute Gasteiger partial charge is 0.344 e. The molecule has 0 atom stereocenters. The van der Waals surface area contributed by atoms with E-state index in [1.165, 1.54) is 13.3 Å². The first-order chi connectivity index (χ1) is 13.4. The van der Waals surface area contributed by atoms with Crippen LogP contribution in [0, 0.1) is 6.92 Å². The number of rotatable bonds is 5. The molecule has 0 aliphatic rings. The van der Waals surface area contributed by atoms with E-state index < -0.39 is 17.4 Å². The minimum absolute atomic E-state index is 0.0178. The standard InChI is InChI=1S/C21H20N2O5/c1-4-23-11-17(18(24)16-10-5-13(2)22-19(16)23)21(26)28-12-14-6-8-15(9-7-14)20(25)27-3/h5-11H,4,12H2,1-3H3. The monoisotopic (exact) mass is 380 g/mol. The lowest BCUT2D eigenvalue weighted by Crippen LogP contribution is -2.21. The first kappa shape index (κ1) is 19.3. The topological polar surface area (TPSA) is 87.5 Å². The summed E-state index contributed by atoms with van der Waals surface area (Å²) in [5.41, 5.74) is 1.99. The lowest BCUT2D eigenvalue weighted by Gasteiger charge is -2.11. The number of nitrogens with zero attached hydrogens (tertiary/aromatic N) is 2. The van der Waals surface area contributed by atoms with Gasteiger partial charge >= 0.3 is 11.9 Å². The third-order valence-corrected chi connectivity index (χ3v) is 4.37. The van der Waals surface area contributed by atoms with Gasteiger partial charge in [-0.2, -0.15) is 0 Å². The Kier molecular flexibility index (Phi) is 5.54. The molecule has 1 aromatic carbocycles. The van der Waals surface area contributed by atoms with Crippen LogP contribution in [0.15, 0.2) is 47.4 Å². The quantitative estimate of drug-likeness (QED) is 0.633. The highest BCUT2D eigenvalue weighted by atomic mass is 16.5. The Morgan fingerprint density at radius 3 is 2.43 bits per heavy atom. The molecule has 0 saturated carbocycles. The van der Waals surface area contributed by atoms with Crippen LogP contribution in [0.3, 0.4) is 0 Å². The van der Waals surface area contributed by atoms with E-state index in [-0.39, 0.29) is 12.2 Å². The maximum Gasteiger partial charge on any atom is 0.344 e. The summed E-state index contributed by atoms with van der Waals surface area (Å²) < 4.78 is 11.7. The number of aryl methyl sites for hydroxylation is 2. The van der Waals surface area contributed by atoms with Crippen LogP contribution in [0.4, 0.5) is 0 Å². The van der Waals surface area contributed by atoms with Crippen molar-refractivity contribution in [3.05, 3.63) is 75.2 Å². The first-order valence-corrected chi connectivity index (χ1v) is 8.79. The molecule has 7 heteroatoms. The van der Waals surface area contributed by atoms with Crippen LogP contribution in [0.1, 0.15) is 38.9 Å². The summed E-state index contributed by atoms with van der Waals surface area (Å²) in [6.45, 7) is 4.29. The number of esters is 2. The molecule has 0 aliphatic carbocycles. The van der Waals surface area contributed by atoms with Gasteiger partial charge in [0.15, 0.2) is 0 Å². The molecule has 28 heavy (non-hydrogen) atoms. The summed E-state index contributed by atoms with van der Waals surface area (Å²) in [4.78, 5) is 41.1. The average molecular weight is 380 g/mol. The molecule has 0 saturated heterocycles. The molecule has 0 amide bonds. The molecule has 0 unspecified atom stereocenters. The zero-order valence-corrected chi connectivity index (χ0v) is 15.9. The Morgan fingerprint density at radius 1 is 1.07 bits per heavy atom. The maximum absolute atomic E-state index is 12.7. The van der Waals surface area contributed by atoms with Crippen molar-refractivity contribution in [1.82, 2.24) is 9.55 Å². The van der Waals surface area contributed by atoms with E-state index in [0.717, 1.165) is 5.69 Å². The zero-order chi connectivity index (χ0) is 20.3. The Bertz CT molecular complexity index is 1100. The molecule has 0 radical (unpaired) electrons. The summed E-state index contributed by atoms with van der Waals surface area (Å²) in [5, 5.41) is 0.379. The molecule has 2 aromatic heterocycles. The minimum Gasteiger partial charge on any atom is -0.465 e. The maximum atomic E-state index is 12.7. The molecular weight excluding hydrogens is 360 g/mol. The van der Waals surface area contributed by atoms with Crippen molar-refractivity contribution >= 4 is 23.0 Å². The third kappa shape index (κ3) is 3.78. The summed E-state index contributed by atoms with van der Waals surface area (Å²) in [6, 6.07) is 9.91. The largest absolute Gasteiger partial charge is 0.465 e. The highest BCUT2D eigenvalue weighted by molar-refractivity contribution is 5.93. The Hall–Kier alpha value is -3.48. The van der Waals surface area contributed by atoms with Gasteiger partial charge in [-0.15, -0.1) is 0 Å². The van der Waals surface area contributed by atoms with Crippen molar-refractivity contribution in [1.29, 1.82) is 0 Å². The van der Waals surface area contributed by atoms with Gasteiger partial charge in [0.1, 0.15) is 17.8 Å². The van der Waals surface area contributed by atoms with E-state index in [1.807, 2.05) is 13.8 Å². The first-order valence-electron chi connectivity index (χ1n) is 8.79. The number of ether oxygens (including phenoxy) is 2. The van der Waals surface area contributed by atoms with Gasteiger partial charge in [-0.1, -0.05) is 12.1 Å². The van der Waals surface area contributed by atoms with Gasteiger partial charge in [0, 0.05) is 18.4 Å². The number of hydrogen-bond donors (Lipinski definition) is 0. The highest BCUT2D eigenvalue weighted by Gasteiger charge is 2.17. The average Bonchev–Trinajstić information content (AvgIpc) is 2.72. The SMILES string of the molecule is CCn1cc(C(=O)OCc2ccc(C(=O)OC)cc2)c(=O)c2ccc(C)nc21. The number of pyridine rings is 2. The van der Waals surface area contributed by atoms with Gasteiger partial charge in [-0.25, -0.2) is 14.6 Å². The number of aromatic nitrogens is 2. The second kappa shape index (κ2) is 8.04. The van der Waals surface area contributed by atoms with Gasteiger partial charge in [0.2, 0.25) is 5.43 Å². The van der Waals surface area contributed by atoms with Crippen LogP contribution in [0.5, 0.6) is 0 Å². The fourth-order valence-corrected chi connectivity index (χ4v) is 2.83. The van der Waals surface area contributed by atoms with Gasteiger partial charge in [-0.05, 0) is 43.7 Å². The number of carbonyl (C=O) groups excluding carboxylic acids is 2. The molecule has 0 spiro atoms. The molecule has 0 N–H and O–H groups in total. The van der Waals surface area contributed by atoms with Crippen LogP contribution >= 0.6 is 0 Å². The van der Waals surface area contributed by atoms with E-state index in [9.17, 15) is 14.4 Å². The lowest BCUT2D eigenvalue weighted by atomic mass is 10.1. The summed E-state index contributed by atoms with van der Waals surface area (Å²) in [6.07, 6.45) is 1.49. The van der Waals surface area contributed by atoms with Crippen LogP contribution in [0.25, 0.3) is 11.0 Å². The molecule has 3 aromatic rings. The molecule has 2 heterocycles. The van der Waals surface area contributed by atoms with Crippen molar-refractivity contribution in [2.45, 2.75) is 27.0 Å². The molecule has 0 fully saturated rings. The lowest BCUT2D eigenvalue weighted by molar-refractivity contribution is 0.0469. The normalized spacial score (nSPS) is 10.7. The minimum atomic E-state index is -0.702. The van der Waals surface area contributed by atoms with Gasteiger partial charge in [0.25, 0.3) is 0 Å². The van der Waals surface area contributed by atoms with Crippen LogP contribution in [-0.2, 0) is 22.6 Å². The second-order valence-electron chi connectivity index (χ2n) is 6.25. The summed E-state index contributed by atoms with van der Waals surface area (Å²) in [5.74, 6) is -1.14. The fourth-order valence-electron chi connectivity index (χ4n) is 2.83. The van der Waals surface area contributed by atoms with Gasteiger partial charge in [0.05, 0.1) is 18.1 Å². The second-order valence-corrected chi connectivity index (χ2v) is 6.25. The molecule has 0 bridgehead atoms. The van der Waals surface area contributed by atoms with Crippen molar-refractivity contribution in [3.63, 3.8) is 0 Å². The molecule has 144 valence electrons.